The minimum Gasteiger partial charge on any atom is -0.493 e. The molecule has 2 aromatic carbocycles. The zero-order valence-electron chi connectivity index (χ0n) is 17.1. The van der Waals surface area contributed by atoms with Crippen molar-refractivity contribution in [3.05, 3.63) is 65.3 Å². The van der Waals surface area contributed by atoms with Gasteiger partial charge in [-0.15, -0.1) is 0 Å². The second kappa shape index (κ2) is 8.39. The maximum Gasteiger partial charge on any atom is 0.221 e. The summed E-state index contributed by atoms with van der Waals surface area (Å²) in [6.45, 7) is 0.401. The van der Waals surface area contributed by atoms with Gasteiger partial charge in [0.05, 0.1) is 20.8 Å². The Morgan fingerprint density at radius 3 is 2.52 bits per heavy atom. The van der Waals surface area contributed by atoms with E-state index in [1.54, 1.807) is 32.5 Å². The van der Waals surface area contributed by atoms with Crippen molar-refractivity contribution in [1.29, 1.82) is 0 Å². The quantitative estimate of drug-likeness (QED) is 0.411. The normalized spacial score (nSPS) is 10.9. The fourth-order valence-corrected chi connectivity index (χ4v) is 3.37. The topological polar surface area (TPSA) is 121 Å². The highest BCUT2D eigenvalue weighted by atomic mass is 19.1. The number of nitrogens with two attached hydrogens (primary N) is 2. The molecule has 0 aliphatic rings. The van der Waals surface area contributed by atoms with Crippen LogP contribution >= 0.6 is 0 Å². The largest absolute Gasteiger partial charge is 0.493 e. The molecular weight excluding hydrogens is 401 g/mol. The Morgan fingerprint density at radius 1 is 1.06 bits per heavy atom. The predicted octanol–water partition coefficient (Wildman–Crippen LogP) is 3.75. The van der Waals surface area contributed by atoms with E-state index in [0.29, 0.717) is 41.6 Å². The van der Waals surface area contributed by atoms with Gasteiger partial charge in [-0.1, -0.05) is 0 Å². The summed E-state index contributed by atoms with van der Waals surface area (Å²) in [5, 5.41) is 4.06. The SMILES string of the molecule is COc1cc(Cc2cnc(N)nc2N)c2cc(CNc3ccc(F)cc3)oc2c1OC. The Bertz CT molecular complexity index is 1220. The molecular formula is C22H22FN5O3. The Balaban J connectivity index is 1.72. The number of rotatable bonds is 7. The highest BCUT2D eigenvalue weighted by Gasteiger charge is 2.19. The van der Waals surface area contributed by atoms with E-state index in [-0.39, 0.29) is 11.8 Å². The average Bonchev–Trinajstić information content (AvgIpc) is 3.19. The Morgan fingerprint density at radius 2 is 1.84 bits per heavy atom. The summed E-state index contributed by atoms with van der Waals surface area (Å²) in [6, 6.07) is 9.92. The summed E-state index contributed by atoms with van der Waals surface area (Å²) in [6.07, 6.45) is 2.06. The van der Waals surface area contributed by atoms with Crippen LogP contribution in [0.5, 0.6) is 11.5 Å². The molecule has 4 aromatic rings. The minimum atomic E-state index is -0.290. The van der Waals surface area contributed by atoms with Crippen molar-refractivity contribution in [2.75, 3.05) is 31.0 Å². The molecule has 0 aliphatic carbocycles. The van der Waals surface area contributed by atoms with Crippen molar-refractivity contribution in [3.8, 4) is 11.5 Å². The van der Waals surface area contributed by atoms with E-state index >= 15 is 0 Å². The number of nitrogens with zero attached hydrogens (tertiary/aromatic N) is 2. The lowest BCUT2D eigenvalue weighted by Crippen LogP contribution is -2.04. The summed E-state index contributed by atoms with van der Waals surface area (Å²) < 4.78 is 30.2. The van der Waals surface area contributed by atoms with Gasteiger partial charge in [0.15, 0.2) is 11.3 Å². The van der Waals surface area contributed by atoms with Gasteiger partial charge in [-0.05, 0) is 42.0 Å². The summed E-state index contributed by atoms with van der Waals surface area (Å²) in [4.78, 5) is 8.07. The van der Waals surface area contributed by atoms with Gasteiger partial charge in [0, 0.05) is 29.3 Å². The minimum absolute atomic E-state index is 0.121. The molecule has 0 saturated heterocycles. The first-order valence-electron chi connectivity index (χ1n) is 9.51. The van der Waals surface area contributed by atoms with Crippen LogP contribution in [0.2, 0.25) is 0 Å². The van der Waals surface area contributed by atoms with Crippen LogP contribution in [-0.2, 0) is 13.0 Å². The molecule has 0 spiro atoms. The first-order chi connectivity index (χ1) is 15.0. The zero-order chi connectivity index (χ0) is 22.0. The third-order valence-electron chi connectivity index (χ3n) is 4.90. The van der Waals surface area contributed by atoms with Crippen molar-refractivity contribution in [2.24, 2.45) is 0 Å². The number of ether oxygens (including phenoxy) is 2. The number of methoxy groups -OCH3 is 2. The van der Waals surface area contributed by atoms with Crippen LogP contribution in [0.25, 0.3) is 11.0 Å². The zero-order valence-corrected chi connectivity index (χ0v) is 17.1. The van der Waals surface area contributed by atoms with Crippen LogP contribution in [0.1, 0.15) is 16.9 Å². The van der Waals surface area contributed by atoms with E-state index in [2.05, 4.69) is 15.3 Å². The fraction of sp³-hybridized carbons (Fsp3) is 0.182. The lowest BCUT2D eigenvalue weighted by molar-refractivity contribution is 0.352. The van der Waals surface area contributed by atoms with Crippen LogP contribution in [0.15, 0.2) is 47.0 Å². The number of hydrogen-bond acceptors (Lipinski definition) is 8. The third-order valence-corrected chi connectivity index (χ3v) is 4.90. The highest BCUT2D eigenvalue weighted by Crippen LogP contribution is 2.40. The van der Waals surface area contributed by atoms with Gasteiger partial charge >= 0.3 is 0 Å². The monoisotopic (exact) mass is 423 g/mol. The van der Waals surface area contributed by atoms with E-state index in [4.69, 9.17) is 25.4 Å². The Labute approximate surface area is 178 Å². The van der Waals surface area contributed by atoms with E-state index < -0.39 is 0 Å². The van der Waals surface area contributed by atoms with Gasteiger partial charge in [0.2, 0.25) is 11.7 Å². The lowest BCUT2D eigenvalue weighted by Gasteiger charge is -2.12. The third kappa shape index (κ3) is 4.16. The van der Waals surface area contributed by atoms with Crippen LogP contribution in [0.4, 0.5) is 21.8 Å². The van der Waals surface area contributed by atoms with Gasteiger partial charge < -0.3 is 30.7 Å². The van der Waals surface area contributed by atoms with Crippen molar-refractivity contribution >= 4 is 28.4 Å². The van der Waals surface area contributed by atoms with Crippen molar-refractivity contribution in [2.45, 2.75) is 13.0 Å². The molecule has 31 heavy (non-hydrogen) atoms. The van der Waals surface area contributed by atoms with E-state index in [1.807, 2.05) is 12.1 Å². The van der Waals surface area contributed by atoms with Gasteiger partial charge in [-0.2, -0.15) is 4.98 Å². The van der Waals surface area contributed by atoms with Crippen LogP contribution in [0, 0.1) is 5.82 Å². The van der Waals surface area contributed by atoms with Gasteiger partial charge in [-0.25, -0.2) is 9.37 Å². The molecule has 0 unspecified atom stereocenters. The number of aromatic nitrogens is 2. The molecule has 2 aromatic heterocycles. The first kappa shape index (κ1) is 20.3. The molecule has 8 nitrogen and oxygen atoms in total. The predicted molar refractivity (Wildman–Crippen MR) is 117 cm³/mol. The number of fused-ring (bicyclic) bond motifs is 1. The number of halogens is 1. The maximum absolute atomic E-state index is 13.1. The van der Waals surface area contributed by atoms with Crippen LogP contribution in [0.3, 0.4) is 0 Å². The fourth-order valence-electron chi connectivity index (χ4n) is 3.37. The number of furan rings is 1. The van der Waals surface area contributed by atoms with Crippen LogP contribution < -0.4 is 26.3 Å². The maximum atomic E-state index is 13.1. The molecule has 0 radical (unpaired) electrons. The number of hydrogen-bond donors (Lipinski definition) is 3. The molecule has 0 bridgehead atoms. The highest BCUT2D eigenvalue weighted by molar-refractivity contribution is 5.90. The van der Waals surface area contributed by atoms with Crippen molar-refractivity contribution < 1.29 is 18.3 Å². The number of anilines is 3. The smallest absolute Gasteiger partial charge is 0.221 e. The average molecular weight is 423 g/mol. The van der Waals surface area contributed by atoms with E-state index in [0.717, 1.165) is 22.2 Å². The van der Waals surface area contributed by atoms with Gasteiger partial charge in [-0.3, -0.25) is 0 Å². The van der Waals surface area contributed by atoms with Crippen molar-refractivity contribution in [3.63, 3.8) is 0 Å². The molecule has 0 aliphatic heterocycles. The number of nitrogens with one attached hydrogen (secondary N) is 1. The molecule has 9 heteroatoms. The molecule has 2 heterocycles. The summed E-state index contributed by atoms with van der Waals surface area (Å²) >= 11 is 0. The molecule has 160 valence electrons. The molecule has 4 rings (SSSR count). The molecule has 0 saturated carbocycles. The molecule has 5 N–H and O–H groups in total. The molecule has 0 fully saturated rings. The summed E-state index contributed by atoms with van der Waals surface area (Å²) in [5.74, 6) is 1.85. The molecule has 0 atom stereocenters. The summed E-state index contributed by atoms with van der Waals surface area (Å²) in [7, 11) is 3.12. The van der Waals surface area contributed by atoms with E-state index in [9.17, 15) is 4.39 Å². The van der Waals surface area contributed by atoms with Gasteiger partial charge in [0.25, 0.3) is 0 Å². The lowest BCUT2D eigenvalue weighted by atomic mass is 10.0. The molecule has 0 amide bonds. The van der Waals surface area contributed by atoms with Crippen LogP contribution in [-0.4, -0.2) is 24.2 Å². The first-order valence-corrected chi connectivity index (χ1v) is 9.51. The second-order valence-electron chi connectivity index (χ2n) is 6.90. The van der Waals surface area contributed by atoms with Crippen molar-refractivity contribution in [1.82, 2.24) is 9.97 Å². The van der Waals surface area contributed by atoms with E-state index in [1.165, 1.54) is 12.1 Å². The number of nitrogen functional groups attached to an aromatic ring is 2. The Hall–Kier alpha value is -4.01. The standard InChI is InChI=1S/C22H22FN5O3/c1-29-18-8-12(7-13-10-27-22(25)28-21(13)24)17-9-16(31-19(17)20(18)30-2)11-26-15-5-3-14(23)4-6-15/h3-6,8-10,26H,7,11H2,1-2H3,(H4,24,25,27,28). The second-order valence-corrected chi connectivity index (χ2v) is 6.90. The van der Waals surface area contributed by atoms with Gasteiger partial charge in [0.1, 0.15) is 17.4 Å². The Kier molecular flexibility index (Phi) is 5.48. The number of benzene rings is 2. The summed E-state index contributed by atoms with van der Waals surface area (Å²) in [5.41, 5.74) is 14.6.